The van der Waals surface area contributed by atoms with Gasteiger partial charge in [-0.2, -0.15) is 0 Å². The van der Waals surface area contributed by atoms with E-state index in [0.29, 0.717) is 6.54 Å². The van der Waals surface area contributed by atoms with Gasteiger partial charge in [0, 0.05) is 26.2 Å². The van der Waals surface area contributed by atoms with Crippen molar-refractivity contribution in [1.82, 2.24) is 15.5 Å². The summed E-state index contributed by atoms with van der Waals surface area (Å²) in [5, 5.41) is 16.2. The molecule has 1 saturated heterocycles. The lowest BCUT2D eigenvalue weighted by Crippen LogP contribution is -2.40. The van der Waals surface area contributed by atoms with Crippen LogP contribution in [-0.4, -0.2) is 67.4 Å². The molecule has 0 bridgehead atoms. The molecule has 0 radical (unpaired) electrons. The van der Waals surface area contributed by atoms with Gasteiger partial charge in [0.15, 0.2) is 5.96 Å². The van der Waals surface area contributed by atoms with Crippen molar-refractivity contribution in [3.05, 3.63) is 28.7 Å². The minimum Gasteiger partial charge on any atom is -0.488 e. The minimum absolute atomic E-state index is 0. The van der Waals surface area contributed by atoms with Crippen molar-refractivity contribution in [1.29, 1.82) is 0 Å². The number of nitrogens with one attached hydrogen (secondary N) is 2. The third kappa shape index (κ3) is 9.76. The molecule has 1 heterocycles. The van der Waals surface area contributed by atoms with E-state index < -0.39 is 0 Å². The van der Waals surface area contributed by atoms with Crippen LogP contribution in [0.3, 0.4) is 0 Å². The maximum Gasteiger partial charge on any atom is 0.191 e. The molecule has 0 aromatic heterocycles. The molecule has 2 rings (SSSR count). The van der Waals surface area contributed by atoms with Crippen LogP contribution in [0.2, 0.25) is 0 Å². The number of hydrogen-bond acceptors (Lipinski definition) is 4. The Balaban J connectivity index is 0.00000392. The van der Waals surface area contributed by atoms with E-state index in [1.807, 2.05) is 31.2 Å². The van der Waals surface area contributed by atoms with E-state index in [4.69, 9.17) is 4.74 Å². The zero-order valence-corrected chi connectivity index (χ0v) is 20.8. The summed E-state index contributed by atoms with van der Waals surface area (Å²) in [5.74, 6) is 1.67. The number of aliphatic hydroxyl groups is 1. The second-order valence-corrected chi connectivity index (χ2v) is 7.79. The van der Waals surface area contributed by atoms with Gasteiger partial charge in [-0.1, -0.05) is 12.1 Å². The molecule has 8 heteroatoms. The van der Waals surface area contributed by atoms with Gasteiger partial charge in [0.1, 0.15) is 11.9 Å². The van der Waals surface area contributed by atoms with Crippen LogP contribution in [0.15, 0.2) is 33.7 Å². The molecule has 1 aliphatic rings. The van der Waals surface area contributed by atoms with E-state index in [1.165, 1.54) is 0 Å². The van der Waals surface area contributed by atoms with Crippen molar-refractivity contribution in [2.24, 2.45) is 4.99 Å². The maximum atomic E-state index is 9.57. The monoisotopic (exact) mass is 568 g/mol. The summed E-state index contributed by atoms with van der Waals surface area (Å²) >= 11 is 3.50. The van der Waals surface area contributed by atoms with Crippen LogP contribution in [0, 0.1) is 0 Å². The first-order chi connectivity index (χ1) is 13.1. The third-order valence-corrected chi connectivity index (χ3v) is 5.17. The Labute approximate surface area is 194 Å². The van der Waals surface area contributed by atoms with Crippen molar-refractivity contribution >= 4 is 45.9 Å². The highest BCUT2D eigenvalue weighted by atomic mass is 127. The fourth-order valence-corrected chi connectivity index (χ4v) is 3.39. The van der Waals surface area contributed by atoms with Gasteiger partial charge in [0.05, 0.1) is 17.1 Å². The van der Waals surface area contributed by atoms with Gasteiger partial charge < -0.3 is 25.4 Å². The molecule has 0 spiro atoms. The van der Waals surface area contributed by atoms with Gasteiger partial charge in [0.25, 0.3) is 0 Å². The molecule has 1 fully saturated rings. The molecule has 28 heavy (non-hydrogen) atoms. The van der Waals surface area contributed by atoms with E-state index in [2.05, 4.69) is 43.4 Å². The molecule has 1 unspecified atom stereocenters. The van der Waals surface area contributed by atoms with E-state index in [0.717, 1.165) is 68.2 Å². The van der Waals surface area contributed by atoms with Gasteiger partial charge in [-0.05, 0) is 67.7 Å². The Morgan fingerprint density at radius 3 is 2.71 bits per heavy atom. The van der Waals surface area contributed by atoms with Gasteiger partial charge in [-0.25, -0.2) is 4.99 Å². The first kappa shape index (κ1) is 25.5. The predicted molar refractivity (Wildman–Crippen MR) is 130 cm³/mol. The van der Waals surface area contributed by atoms with Crippen molar-refractivity contribution in [2.45, 2.75) is 45.3 Å². The first-order valence-electron chi connectivity index (χ1n) is 9.92. The van der Waals surface area contributed by atoms with Crippen LogP contribution in [0.25, 0.3) is 0 Å². The molecule has 160 valence electrons. The van der Waals surface area contributed by atoms with Crippen LogP contribution in [0.1, 0.15) is 33.1 Å². The van der Waals surface area contributed by atoms with E-state index in [1.54, 1.807) is 0 Å². The normalized spacial score (nSPS) is 16.9. The molecule has 0 amide bonds. The Morgan fingerprint density at radius 1 is 1.32 bits per heavy atom. The van der Waals surface area contributed by atoms with Crippen molar-refractivity contribution in [3.63, 3.8) is 0 Å². The number of benzene rings is 1. The topological polar surface area (TPSA) is 69.1 Å². The Hall–Kier alpha value is -0.580. The number of nitrogens with zero attached hydrogens (tertiary/aromatic N) is 2. The summed E-state index contributed by atoms with van der Waals surface area (Å²) in [6, 6.07) is 7.86. The quantitative estimate of drug-likeness (QED) is 0.185. The number of halogens is 2. The highest BCUT2D eigenvalue weighted by Crippen LogP contribution is 2.24. The number of guanidine groups is 1. The fourth-order valence-electron chi connectivity index (χ4n) is 3.01. The Bertz CT molecular complexity index is 583. The summed E-state index contributed by atoms with van der Waals surface area (Å²) in [4.78, 5) is 7.06. The van der Waals surface area contributed by atoms with E-state index in [-0.39, 0.29) is 36.2 Å². The van der Waals surface area contributed by atoms with Crippen LogP contribution in [0.4, 0.5) is 0 Å². The lowest BCUT2D eigenvalue weighted by molar-refractivity contribution is 0.0823. The average molecular weight is 569 g/mol. The highest BCUT2D eigenvalue weighted by molar-refractivity contribution is 14.0. The van der Waals surface area contributed by atoms with Crippen molar-refractivity contribution in [2.75, 3.05) is 39.3 Å². The molecule has 1 aromatic rings. The summed E-state index contributed by atoms with van der Waals surface area (Å²) in [5.41, 5.74) is 0. The van der Waals surface area contributed by atoms with Gasteiger partial charge in [-0.3, -0.25) is 0 Å². The number of rotatable bonds is 9. The van der Waals surface area contributed by atoms with E-state index in [9.17, 15) is 5.11 Å². The smallest absolute Gasteiger partial charge is 0.191 e. The van der Waals surface area contributed by atoms with Crippen LogP contribution in [-0.2, 0) is 0 Å². The molecular weight excluding hydrogens is 535 g/mol. The zero-order chi connectivity index (χ0) is 19.5. The Kier molecular flexibility index (Phi) is 13.1. The number of aliphatic imine (C=N–C) groups is 1. The predicted octanol–water partition coefficient (Wildman–Crippen LogP) is 3.24. The first-order valence-corrected chi connectivity index (χ1v) is 10.7. The lowest BCUT2D eigenvalue weighted by Gasteiger charge is -2.29. The number of likely N-dealkylation sites (tertiary alicyclic amines) is 1. The summed E-state index contributed by atoms with van der Waals surface area (Å²) < 4.78 is 6.91. The number of para-hydroxylation sites is 1. The summed E-state index contributed by atoms with van der Waals surface area (Å²) in [6.45, 7) is 9.44. The molecule has 0 aliphatic carbocycles. The molecule has 1 atom stereocenters. The average Bonchev–Trinajstić information content (AvgIpc) is 2.66. The second kappa shape index (κ2) is 14.4. The SMILES string of the molecule is CCNC(=NCC(C)Oc1ccccc1Br)NCCCN1CCC(O)CC1.I. The van der Waals surface area contributed by atoms with Crippen LogP contribution >= 0.6 is 39.9 Å². The third-order valence-electron chi connectivity index (χ3n) is 4.52. The highest BCUT2D eigenvalue weighted by Gasteiger charge is 2.16. The number of ether oxygens (including phenoxy) is 1. The standard InChI is InChI=1S/C20H33BrN4O2.HI/c1-3-22-20(23-11-6-12-25-13-9-17(26)10-14-25)24-15-16(2)27-19-8-5-4-7-18(19)21;/h4-5,7-8,16-17,26H,3,6,9-15H2,1-2H3,(H2,22,23,24);1H. The summed E-state index contributed by atoms with van der Waals surface area (Å²) in [6.07, 6.45) is 2.73. The number of piperidine rings is 1. The van der Waals surface area contributed by atoms with Crippen LogP contribution in [0.5, 0.6) is 5.75 Å². The fraction of sp³-hybridized carbons (Fsp3) is 0.650. The molecule has 0 saturated carbocycles. The van der Waals surface area contributed by atoms with Crippen LogP contribution < -0.4 is 15.4 Å². The van der Waals surface area contributed by atoms with Crippen molar-refractivity contribution < 1.29 is 9.84 Å². The van der Waals surface area contributed by atoms with E-state index >= 15 is 0 Å². The van der Waals surface area contributed by atoms with Gasteiger partial charge >= 0.3 is 0 Å². The molecule has 6 nitrogen and oxygen atoms in total. The largest absolute Gasteiger partial charge is 0.488 e. The lowest BCUT2D eigenvalue weighted by atomic mass is 10.1. The van der Waals surface area contributed by atoms with Gasteiger partial charge in [-0.15, -0.1) is 24.0 Å². The maximum absolute atomic E-state index is 9.57. The minimum atomic E-state index is -0.104. The molecule has 1 aromatic carbocycles. The molecule has 1 aliphatic heterocycles. The second-order valence-electron chi connectivity index (χ2n) is 6.93. The molecule has 3 N–H and O–H groups in total. The zero-order valence-electron chi connectivity index (χ0n) is 16.9. The molecular formula is C20H34BrIN4O2. The number of aliphatic hydroxyl groups excluding tert-OH is 1. The number of hydrogen-bond donors (Lipinski definition) is 3. The Morgan fingerprint density at radius 2 is 2.04 bits per heavy atom. The van der Waals surface area contributed by atoms with Crippen molar-refractivity contribution in [3.8, 4) is 5.75 Å². The van der Waals surface area contributed by atoms with Gasteiger partial charge in [0.2, 0.25) is 0 Å². The summed E-state index contributed by atoms with van der Waals surface area (Å²) in [7, 11) is 0.